The second-order valence-electron chi connectivity index (χ2n) is 4.98. The largest absolute Gasteiger partial charge is 0.457 e. The van der Waals surface area contributed by atoms with Gasteiger partial charge in [0.05, 0.1) is 11.9 Å². The van der Waals surface area contributed by atoms with Crippen LogP contribution in [0.4, 0.5) is 8.78 Å². The second kappa shape index (κ2) is 6.57. The maximum Gasteiger partial charge on any atom is 0.342 e. The number of hydrogen-bond donors (Lipinski definition) is 1. The van der Waals surface area contributed by atoms with Gasteiger partial charge in [-0.05, 0) is 12.1 Å². The first-order valence-electron chi connectivity index (χ1n) is 6.97. The smallest absolute Gasteiger partial charge is 0.342 e. The number of carbonyl (C=O) groups is 1. The summed E-state index contributed by atoms with van der Waals surface area (Å²) in [4.78, 5) is 16.2. The molecule has 9 heteroatoms. The lowest BCUT2D eigenvalue weighted by Crippen LogP contribution is -2.06. The molecule has 3 heterocycles. The van der Waals surface area contributed by atoms with Gasteiger partial charge in [-0.2, -0.15) is 10.2 Å². The first kappa shape index (κ1) is 15.8. The van der Waals surface area contributed by atoms with Gasteiger partial charge in [0.2, 0.25) is 0 Å². The summed E-state index contributed by atoms with van der Waals surface area (Å²) < 4.78 is 32.2. The highest BCUT2D eigenvalue weighted by Crippen LogP contribution is 2.24. The molecule has 0 saturated carbocycles. The number of alkyl halides is 2. The van der Waals surface area contributed by atoms with Gasteiger partial charge in [-0.1, -0.05) is 0 Å². The molecule has 0 bridgehead atoms. The van der Waals surface area contributed by atoms with Crippen LogP contribution in [-0.2, 0) is 18.4 Å². The number of ether oxygens (including phenoxy) is 1. The van der Waals surface area contributed by atoms with Crippen LogP contribution in [0, 0.1) is 0 Å². The Morgan fingerprint density at radius 2 is 2.12 bits per heavy atom. The van der Waals surface area contributed by atoms with Crippen molar-refractivity contribution in [2.75, 3.05) is 0 Å². The van der Waals surface area contributed by atoms with Crippen molar-refractivity contribution in [3.8, 4) is 11.3 Å². The number of rotatable bonds is 5. The zero-order valence-electron chi connectivity index (χ0n) is 12.6. The maximum absolute atomic E-state index is 12.9. The van der Waals surface area contributed by atoms with E-state index in [9.17, 15) is 13.6 Å². The molecule has 0 aliphatic heterocycles. The fourth-order valence-corrected chi connectivity index (χ4v) is 2.25. The Morgan fingerprint density at radius 3 is 2.83 bits per heavy atom. The standard InChI is InChI=1S/C15H13F2N5O2/c1-22-7-10(13(21-22)14(16)17)8-24-15(23)11-6-19-20-12(11)9-2-4-18-5-3-9/h2-7,14H,8H2,1H3,(H,19,20). The number of aromatic amines is 1. The average Bonchev–Trinajstić information content (AvgIpc) is 3.20. The van der Waals surface area contributed by atoms with E-state index in [-0.39, 0.29) is 17.7 Å². The molecule has 0 aliphatic carbocycles. The minimum Gasteiger partial charge on any atom is -0.457 e. The fraction of sp³-hybridized carbons (Fsp3) is 0.200. The minimum absolute atomic E-state index is 0.162. The van der Waals surface area contributed by atoms with E-state index in [1.54, 1.807) is 24.5 Å². The summed E-state index contributed by atoms with van der Waals surface area (Å²) in [5, 5.41) is 10.2. The van der Waals surface area contributed by atoms with Gasteiger partial charge in [0.25, 0.3) is 6.43 Å². The van der Waals surface area contributed by atoms with Crippen LogP contribution in [0.15, 0.2) is 36.9 Å². The molecule has 0 saturated heterocycles. The van der Waals surface area contributed by atoms with Crippen LogP contribution in [-0.4, -0.2) is 30.9 Å². The summed E-state index contributed by atoms with van der Waals surface area (Å²) in [5.41, 5.74) is 1.16. The molecule has 3 rings (SSSR count). The molecule has 3 aromatic heterocycles. The van der Waals surface area contributed by atoms with Gasteiger partial charge >= 0.3 is 5.97 Å². The third kappa shape index (κ3) is 3.14. The zero-order valence-corrected chi connectivity index (χ0v) is 12.6. The number of esters is 1. The molecule has 3 aromatic rings. The van der Waals surface area contributed by atoms with Crippen molar-refractivity contribution < 1.29 is 18.3 Å². The van der Waals surface area contributed by atoms with E-state index in [1.807, 2.05) is 0 Å². The summed E-state index contributed by atoms with van der Waals surface area (Å²) in [6.45, 7) is -0.298. The lowest BCUT2D eigenvalue weighted by Gasteiger charge is -2.05. The van der Waals surface area contributed by atoms with Gasteiger partial charge in [0.15, 0.2) is 0 Å². The molecule has 1 N–H and O–H groups in total. The molecule has 0 atom stereocenters. The highest BCUT2D eigenvalue weighted by Gasteiger charge is 2.21. The highest BCUT2D eigenvalue weighted by atomic mass is 19.3. The number of H-pyrrole nitrogens is 1. The van der Waals surface area contributed by atoms with Crippen molar-refractivity contribution >= 4 is 5.97 Å². The summed E-state index contributed by atoms with van der Waals surface area (Å²) in [6, 6.07) is 3.42. The molecule has 0 unspecified atom stereocenters. The van der Waals surface area contributed by atoms with E-state index in [0.717, 1.165) is 0 Å². The number of halogens is 2. The Kier molecular flexibility index (Phi) is 4.32. The Bertz CT molecular complexity index is 845. The molecule has 124 valence electrons. The molecule has 0 aliphatic rings. The average molecular weight is 333 g/mol. The van der Waals surface area contributed by atoms with Crippen LogP contribution in [0.1, 0.15) is 28.0 Å². The number of nitrogens with one attached hydrogen (secondary N) is 1. The number of aromatic nitrogens is 5. The predicted octanol–water partition coefficient (Wildman–Crippen LogP) is 2.50. The van der Waals surface area contributed by atoms with Gasteiger partial charge in [0, 0.05) is 36.8 Å². The number of nitrogens with zero attached hydrogens (tertiary/aromatic N) is 4. The second-order valence-corrected chi connectivity index (χ2v) is 4.98. The van der Waals surface area contributed by atoms with Crippen LogP contribution in [0.25, 0.3) is 11.3 Å². The zero-order chi connectivity index (χ0) is 17.1. The van der Waals surface area contributed by atoms with Crippen LogP contribution in [0.3, 0.4) is 0 Å². The quantitative estimate of drug-likeness (QED) is 0.725. The van der Waals surface area contributed by atoms with Gasteiger partial charge in [-0.25, -0.2) is 13.6 Å². The van der Waals surface area contributed by atoms with Crippen molar-refractivity contribution in [2.24, 2.45) is 7.05 Å². The monoisotopic (exact) mass is 333 g/mol. The van der Waals surface area contributed by atoms with E-state index in [2.05, 4.69) is 20.3 Å². The Morgan fingerprint density at radius 1 is 1.38 bits per heavy atom. The molecule has 0 fully saturated rings. The molecule has 0 amide bonds. The molecule has 0 spiro atoms. The Balaban J connectivity index is 1.77. The van der Waals surface area contributed by atoms with Gasteiger partial charge in [0.1, 0.15) is 17.9 Å². The van der Waals surface area contributed by atoms with E-state index in [0.29, 0.717) is 11.3 Å². The van der Waals surface area contributed by atoms with Crippen molar-refractivity contribution in [1.82, 2.24) is 25.0 Å². The van der Waals surface area contributed by atoms with Crippen molar-refractivity contribution in [1.29, 1.82) is 0 Å². The highest BCUT2D eigenvalue weighted by molar-refractivity contribution is 5.95. The number of pyridine rings is 1. The van der Waals surface area contributed by atoms with E-state index < -0.39 is 18.1 Å². The SMILES string of the molecule is Cn1cc(COC(=O)c2cn[nH]c2-c2ccncc2)c(C(F)F)n1. The molecule has 0 aromatic carbocycles. The van der Waals surface area contributed by atoms with E-state index in [4.69, 9.17) is 4.74 Å². The lowest BCUT2D eigenvalue weighted by atomic mass is 10.1. The predicted molar refractivity (Wildman–Crippen MR) is 79.1 cm³/mol. The number of aryl methyl sites for hydroxylation is 1. The summed E-state index contributed by atoms with van der Waals surface area (Å²) >= 11 is 0. The Labute approximate surface area is 135 Å². The van der Waals surface area contributed by atoms with Crippen molar-refractivity contribution in [3.63, 3.8) is 0 Å². The molecule has 7 nitrogen and oxygen atoms in total. The van der Waals surface area contributed by atoms with E-state index >= 15 is 0 Å². The first-order valence-corrected chi connectivity index (χ1v) is 6.97. The lowest BCUT2D eigenvalue weighted by molar-refractivity contribution is 0.0466. The molecular weight excluding hydrogens is 320 g/mol. The van der Waals surface area contributed by atoms with Crippen molar-refractivity contribution in [2.45, 2.75) is 13.0 Å². The third-order valence-corrected chi connectivity index (χ3v) is 3.33. The van der Waals surface area contributed by atoms with E-state index in [1.165, 1.54) is 24.1 Å². The molecule has 24 heavy (non-hydrogen) atoms. The summed E-state index contributed by atoms with van der Waals surface area (Å²) in [5.74, 6) is -0.667. The number of hydrogen-bond acceptors (Lipinski definition) is 5. The van der Waals surface area contributed by atoms with Gasteiger partial charge in [-0.3, -0.25) is 14.8 Å². The minimum atomic E-state index is -2.73. The van der Waals surface area contributed by atoms with Crippen molar-refractivity contribution in [3.05, 3.63) is 53.7 Å². The van der Waals surface area contributed by atoms with Crippen LogP contribution in [0.2, 0.25) is 0 Å². The Hall–Kier alpha value is -3.10. The van der Waals surface area contributed by atoms with Gasteiger partial charge < -0.3 is 4.74 Å². The first-order chi connectivity index (χ1) is 11.6. The third-order valence-electron chi connectivity index (χ3n) is 3.33. The van der Waals surface area contributed by atoms with Crippen LogP contribution in [0.5, 0.6) is 0 Å². The van der Waals surface area contributed by atoms with Crippen LogP contribution >= 0.6 is 0 Å². The maximum atomic E-state index is 12.9. The topological polar surface area (TPSA) is 85.7 Å². The normalized spacial score (nSPS) is 11.0. The summed E-state index contributed by atoms with van der Waals surface area (Å²) in [6.07, 6.45) is 3.15. The fourth-order valence-electron chi connectivity index (χ4n) is 2.25. The molecular formula is C15H13F2N5O2. The number of carbonyl (C=O) groups excluding carboxylic acids is 1. The van der Waals surface area contributed by atoms with Gasteiger partial charge in [-0.15, -0.1) is 0 Å². The molecule has 0 radical (unpaired) electrons. The van der Waals surface area contributed by atoms with Crippen LogP contribution < -0.4 is 0 Å². The summed E-state index contributed by atoms with van der Waals surface area (Å²) in [7, 11) is 1.52.